The van der Waals surface area contributed by atoms with E-state index in [0.717, 1.165) is 0 Å². The van der Waals surface area contributed by atoms with Crippen LogP contribution in [0.15, 0.2) is 48.1 Å². The second-order valence-corrected chi connectivity index (χ2v) is 16.4. The van der Waals surface area contributed by atoms with E-state index in [1.807, 2.05) is 6.92 Å². The van der Waals surface area contributed by atoms with Crippen LogP contribution in [0.2, 0.25) is 0 Å². The van der Waals surface area contributed by atoms with E-state index in [4.69, 9.17) is 23.7 Å². The number of carbonyl (C=O) groups is 5. The van der Waals surface area contributed by atoms with Crippen LogP contribution in [0.3, 0.4) is 0 Å². The highest BCUT2D eigenvalue weighted by Crippen LogP contribution is 2.72. The summed E-state index contributed by atoms with van der Waals surface area (Å²) in [6.45, 7) is 7.18. The maximum absolute atomic E-state index is 17.7. The fourth-order valence-electron chi connectivity index (χ4n) is 10.2. The zero-order valence-electron chi connectivity index (χ0n) is 32.6. The van der Waals surface area contributed by atoms with Crippen LogP contribution >= 0.6 is 0 Å². The summed E-state index contributed by atoms with van der Waals surface area (Å²) in [5, 5.41) is 23.7. The minimum atomic E-state index is -2.12. The Kier molecular flexibility index (Phi) is 11.4. The number of amides is 1. The quantitative estimate of drug-likeness (QED) is 0.0886. The largest absolute Gasteiger partial charge is 0.514 e. The zero-order chi connectivity index (χ0) is 41.6. The summed E-state index contributed by atoms with van der Waals surface area (Å²) in [5.74, 6) is -4.31. The number of benzene rings is 1. The lowest BCUT2D eigenvalue weighted by molar-refractivity contribution is -0.757. The second-order valence-electron chi connectivity index (χ2n) is 16.4. The molecular formula is C40H49FN2O14. The van der Waals surface area contributed by atoms with E-state index in [9.17, 15) is 39.2 Å². The molecule has 9 atom stereocenters. The van der Waals surface area contributed by atoms with Crippen molar-refractivity contribution < 1.29 is 67.1 Å². The number of ether oxygens (including phenoxy) is 5. The van der Waals surface area contributed by atoms with Gasteiger partial charge >= 0.3 is 12.1 Å². The number of unbranched alkanes of at least 4 members (excludes halogenated alkanes) is 1. The predicted molar refractivity (Wildman–Crippen MR) is 194 cm³/mol. The van der Waals surface area contributed by atoms with Crippen LogP contribution in [0.1, 0.15) is 78.7 Å². The molecule has 5 aliphatic rings. The number of Topliss-reactive ketones (excluding diaryl/α,β-unsaturated/α-hetero) is 1. The van der Waals surface area contributed by atoms with Crippen molar-refractivity contribution in [3.05, 3.63) is 63.7 Å². The lowest BCUT2D eigenvalue weighted by Gasteiger charge is -2.62. The summed E-state index contributed by atoms with van der Waals surface area (Å²) < 4.78 is 46.4. The van der Waals surface area contributed by atoms with Gasteiger partial charge in [-0.2, -0.15) is 0 Å². The highest BCUT2D eigenvalue weighted by Gasteiger charge is 2.80. The Morgan fingerprint density at radius 2 is 1.77 bits per heavy atom. The maximum atomic E-state index is 17.7. The average molecular weight is 801 g/mol. The molecule has 2 N–H and O–H groups in total. The molecule has 16 nitrogen and oxygen atoms in total. The molecule has 4 aliphatic carbocycles. The van der Waals surface area contributed by atoms with Gasteiger partial charge in [-0.05, 0) is 95.1 Å². The van der Waals surface area contributed by atoms with Crippen LogP contribution in [0.4, 0.5) is 9.18 Å². The summed E-state index contributed by atoms with van der Waals surface area (Å²) >= 11 is 0. The third kappa shape index (κ3) is 7.56. The number of carbonyl (C=O) groups excluding carboxylic acids is 5. The van der Waals surface area contributed by atoms with Crippen LogP contribution in [-0.4, -0.2) is 94.9 Å². The molecule has 0 radical (unpaired) electrons. The van der Waals surface area contributed by atoms with Crippen molar-refractivity contribution in [1.82, 2.24) is 5.32 Å². The Balaban J connectivity index is 1.09. The molecule has 6 rings (SSSR count). The molecule has 4 unspecified atom stereocenters. The number of ketones is 2. The van der Waals surface area contributed by atoms with E-state index in [1.54, 1.807) is 39.0 Å². The normalized spacial score (nSPS) is 33.7. The Labute approximate surface area is 328 Å². The molecular weight excluding hydrogens is 751 g/mol. The van der Waals surface area contributed by atoms with Gasteiger partial charge in [-0.25, -0.2) is 14.0 Å². The van der Waals surface area contributed by atoms with Gasteiger partial charge in [-0.15, -0.1) is 10.1 Å². The van der Waals surface area contributed by atoms with Crippen molar-refractivity contribution in [2.24, 2.45) is 22.7 Å². The molecule has 1 heterocycles. The van der Waals surface area contributed by atoms with Crippen molar-refractivity contribution in [3.63, 3.8) is 0 Å². The van der Waals surface area contributed by atoms with Gasteiger partial charge in [0.25, 0.3) is 5.09 Å². The highest BCUT2D eigenvalue weighted by atomic mass is 19.1. The molecule has 1 aromatic carbocycles. The fraction of sp³-hybridized carbons (Fsp3) is 0.625. The van der Waals surface area contributed by atoms with Gasteiger partial charge in [-0.1, -0.05) is 30.7 Å². The lowest BCUT2D eigenvalue weighted by atomic mass is 9.44. The van der Waals surface area contributed by atoms with Crippen LogP contribution in [0, 0.1) is 32.8 Å². The summed E-state index contributed by atoms with van der Waals surface area (Å²) in [6, 6.07) is 4.96. The van der Waals surface area contributed by atoms with E-state index in [-0.39, 0.29) is 50.4 Å². The number of fused-ring (bicyclic) bond motifs is 7. The number of nitrogens with one attached hydrogen (secondary N) is 1. The number of aliphatic hydroxyl groups excluding tert-OH is 1. The molecule has 57 heavy (non-hydrogen) atoms. The first-order valence-corrected chi connectivity index (χ1v) is 19.1. The summed E-state index contributed by atoms with van der Waals surface area (Å²) in [4.78, 5) is 78.4. The molecule has 17 heteroatoms. The van der Waals surface area contributed by atoms with Gasteiger partial charge in [0.15, 0.2) is 29.4 Å². The molecule has 1 aliphatic heterocycles. The number of hydrogen-bond acceptors (Lipinski definition) is 14. The summed E-state index contributed by atoms with van der Waals surface area (Å²) in [7, 11) is 0. The van der Waals surface area contributed by atoms with Gasteiger partial charge in [0.2, 0.25) is 11.7 Å². The number of nitrogens with zero attached hydrogens (tertiary/aromatic N) is 1. The van der Waals surface area contributed by atoms with E-state index in [2.05, 4.69) is 10.2 Å². The van der Waals surface area contributed by atoms with Crippen LogP contribution in [-0.2, 0) is 49.4 Å². The van der Waals surface area contributed by atoms with E-state index in [0.29, 0.717) is 30.4 Å². The van der Waals surface area contributed by atoms with Gasteiger partial charge in [0.05, 0.1) is 25.4 Å². The Morgan fingerprint density at radius 1 is 1.07 bits per heavy atom. The van der Waals surface area contributed by atoms with Crippen LogP contribution in [0.25, 0.3) is 0 Å². The molecule has 0 aromatic heterocycles. The number of hydrogen-bond donors (Lipinski definition) is 2. The number of halogens is 1. The van der Waals surface area contributed by atoms with Gasteiger partial charge in [-0.3, -0.25) is 14.4 Å². The van der Waals surface area contributed by atoms with Crippen molar-refractivity contribution in [1.29, 1.82) is 0 Å². The number of alkyl halides is 1. The SMILES string of the molecule is CC(=O)NC(Cc1ccc(OC(=O)OCC(=O)C23OC(C)(C)O[C@H]2CC2C4CCC5=CC(=O)C=C[C@]5(C)[C@@]4(F)[C@@H](O)C[C@@]23C)cc1)C(=O)OCCCCO[N+](=O)[O-]. The van der Waals surface area contributed by atoms with Crippen molar-refractivity contribution in [2.45, 2.75) is 115 Å². The Morgan fingerprint density at radius 3 is 2.46 bits per heavy atom. The number of rotatable bonds is 14. The minimum absolute atomic E-state index is 0.0351. The smallest absolute Gasteiger partial charge is 0.464 e. The number of allylic oxidation sites excluding steroid dienone is 4. The van der Waals surface area contributed by atoms with Gasteiger partial charge in [0, 0.05) is 30.1 Å². The van der Waals surface area contributed by atoms with E-state index < -0.39 is 93.5 Å². The molecule has 310 valence electrons. The van der Waals surface area contributed by atoms with Crippen LogP contribution < -0.4 is 10.1 Å². The summed E-state index contributed by atoms with van der Waals surface area (Å²) in [5.41, 5.74) is -4.93. The molecule has 3 saturated carbocycles. The zero-order valence-corrected chi connectivity index (χ0v) is 32.6. The monoisotopic (exact) mass is 800 g/mol. The predicted octanol–water partition coefficient (Wildman–Crippen LogP) is 4.22. The molecule has 4 fully saturated rings. The minimum Gasteiger partial charge on any atom is -0.464 e. The fourth-order valence-corrected chi connectivity index (χ4v) is 10.2. The number of aliphatic hydroxyl groups is 1. The van der Waals surface area contributed by atoms with Gasteiger partial charge in [0.1, 0.15) is 11.8 Å². The standard InChI is InChI=1S/C40H49FN2O14/c1-23(44)42-30(34(48)52-16-6-7-17-54-43(50)51)18-24-8-11-27(12-9-24)55-35(49)53-22-32(47)40-33(56-36(2,3)57-40)20-29-28-13-10-25-19-26(45)14-15-37(25,4)39(28,41)31(46)21-38(29,40)5/h8-9,11-12,14-15,19,28-31,33,46H,6-7,10,13,16-18,20-22H2,1-5H3,(H,42,44)/t28?,29?,30?,31-,33-,37-,38-,39-,40?/m0/s1. The second kappa shape index (κ2) is 15.5. The first-order chi connectivity index (χ1) is 26.8. The third-order valence-corrected chi connectivity index (χ3v) is 12.6. The molecule has 0 bridgehead atoms. The van der Waals surface area contributed by atoms with E-state index in [1.165, 1.54) is 31.2 Å². The van der Waals surface area contributed by atoms with E-state index >= 15 is 4.39 Å². The van der Waals surface area contributed by atoms with Crippen molar-refractivity contribution in [3.8, 4) is 5.75 Å². The van der Waals surface area contributed by atoms with Crippen molar-refractivity contribution >= 4 is 29.6 Å². The Bertz CT molecular complexity index is 1870. The van der Waals surface area contributed by atoms with Crippen LogP contribution in [0.5, 0.6) is 5.75 Å². The first-order valence-electron chi connectivity index (χ1n) is 19.1. The van der Waals surface area contributed by atoms with Gasteiger partial charge < -0.3 is 38.9 Å². The number of esters is 1. The average Bonchev–Trinajstić information content (AvgIpc) is 3.54. The van der Waals surface area contributed by atoms with Crippen molar-refractivity contribution in [2.75, 3.05) is 19.8 Å². The molecule has 1 saturated heterocycles. The third-order valence-electron chi connectivity index (χ3n) is 12.6. The summed E-state index contributed by atoms with van der Waals surface area (Å²) in [6.07, 6.45) is 2.41. The topological polar surface area (TPSA) is 216 Å². The molecule has 1 aromatic rings. The molecule has 1 amide bonds. The molecule has 0 spiro atoms. The highest BCUT2D eigenvalue weighted by molar-refractivity contribution is 6.01. The first kappa shape index (κ1) is 41.9. The maximum Gasteiger partial charge on any atom is 0.514 e. The Hall–Kier alpha value is -4.74. The lowest BCUT2D eigenvalue weighted by Crippen LogP contribution is -2.70.